The van der Waals surface area contributed by atoms with Crippen molar-refractivity contribution in [3.05, 3.63) is 217 Å². The van der Waals surface area contributed by atoms with Gasteiger partial charge in [0.05, 0.1) is 0 Å². The SMILES string of the molecule is C1=CC2Oc3cc4c(cc3C2C=C1c1ccc2cc(-c3ccc5ccccc5c3)ccc2c1)oc1ccc(-c2ccc3cc(-c5ccc6ccccc6c5)ccc3c2)cc14. The lowest BCUT2D eigenvalue weighted by Crippen LogP contribution is -2.16. The molecule has 2 atom stereocenters. The quantitative estimate of drug-likeness (QED) is 0.178. The van der Waals surface area contributed by atoms with E-state index in [-0.39, 0.29) is 12.0 Å². The van der Waals surface area contributed by atoms with Gasteiger partial charge in [-0.3, -0.25) is 0 Å². The minimum Gasteiger partial charge on any atom is -0.485 e. The molecule has 2 heterocycles. The standard InChI is InChI=1S/C58H36O2/c1-3-7-37-25-39(11-9-35(37)5-1)41-13-15-45-29-47(19-17-43(45)27-41)49-21-23-55-51(31-49)53-33-58-54(34-57(53)59-55)52-32-50(22-24-56(52)60-58)48-20-18-44-28-42(14-16-46(44)30-48)40-12-10-36-6-2-4-8-38(36)26-40/h1-34,51,55H. The summed E-state index contributed by atoms with van der Waals surface area (Å²) in [5.74, 6) is 1.04. The molecule has 0 N–H and O–H groups in total. The molecule has 2 unspecified atom stereocenters. The maximum atomic E-state index is 6.63. The van der Waals surface area contributed by atoms with Gasteiger partial charge in [0, 0.05) is 22.3 Å². The van der Waals surface area contributed by atoms with Gasteiger partial charge in [-0.2, -0.15) is 0 Å². The van der Waals surface area contributed by atoms with E-state index in [9.17, 15) is 0 Å². The van der Waals surface area contributed by atoms with Crippen molar-refractivity contribution in [2.24, 2.45) is 0 Å². The van der Waals surface area contributed by atoms with Crippen LogP contribution in [-0.2, 0) is 0 Å². The van der Waals surface area contributed by atoms with E-state index in [1.807, 2.05) is 0 Å². The van der Waals surface area contributed by atoms with Gasteiger partial charge in [0.2, 0.25) is 0 Å². The summed E-state index contributed by atoms with van der Waals surface area (Å²) in [6.07, 6.45) is 6.77. The number of fused-ring (bicyclic) bond motifs is 10. The van der Waals surface area contributed by atoms with Crippen LogP contribution in [0.4, 0.5) is 0 Å². The second-order valence-corrected chi connectivity index (χ2v) is 16.5. The maximum Gasteiger partial charge on any atom is 0.135 e. The summed E-state index contributed by atoms with van der Waals surface area (Å²) < 4.78 is 13.2. The van der Waals surface area contributed by atoms with E-state index in [1.165, 1.54) is 87.6 Å². The molecule has 0 bridgehead atoms. The zero-order valence-corrected chi connectivity index (χ0v) is 32.6. The van der Waals surface area contributed by atoms with Crippen molar-refractivity contribution in [1.29, 1.82) is 0 Å². The van der Waals surface area contributed by atoms with Gasteiger partial charge in [-0.1, -0.05) is 140 Å². The average molecular weight is 765 g/mol. The molecular formula is C58H36O2. The van der Waals surface area contributed by atoms with Gasteiger partial charge in [-0.05, 0) is 154 Å². The van der Waals surface area contributed by atoms with Crippen molar-refractivity contribution < 1.29 is 9.15 Å². The smallest absolute Gasteiger partial charge is 0.135 e. The molecule has 0 spiro atoms. The highest BCUT2D eigenvalue weighted by atomic mass is 16.5. The topological polar surface area (TPSA) is 22.4 Å². The molecular weight excluding hydrogens is 729 g/mol. The summed E-state index contributed by atoms with van der Waals surface area (Å²) in [5, 5.41) is 12.1. The number of allylic oxidation sites excluding steroid dienone is 2. The lowest BCUT2D eigenvalue weighted by molar-refractivity contribution is 0.269. The Kier molecular flexibility index (Phi) is 7.17. The van der Waals surface area contributed by atoms with Gasteiger partial charge in [-0.25, -0.2) is 0 Å². The minimum atomic E-state index is -0.0404. The highest BCUT2D eigenvalue weighted by molar-refractivity contribution is 6.08. The summed E-state index contributed by atoms with van der Waals surface area (Å²) in [7, 11) is 0. The van der Waals surface area contributed by atoms with Crippen molar-refractivity contribution >= 4 is 70.6 Å². The van der Waals surface area contributed by atoms with Crippen LogP contribution in [0.5, 0.6) is 5.75 Å². The van der Waals surface area contributed by atoms with E-state index < -0.39 is 0 Å². The third kappa shape index (κ3) is 5.42. The zero-order valence-electron chi connectivity index (χ0n) is 32.6. The number of hydrogen-bond acceptors (Lipinski definition) is 2. The zero-order chi connectivity index (χ0) is 39.3. The Hall–Kier alpha value is -7.68. The number of ether oxygens (including phenoxy) is 1. The molecule has 0 saturated carbocycles. The van der Waals surface area contributed by atoms with Gasteiger partial charge in [0.25, 0.3) is 0 Å². The van der Waals surface area contributed by atoms with E-state index in [1.54, 1.807) is 0 Å². The fraction of sp³-hybridized carbons (Fsp3) is 0.0345. The molecule has 1 aliphatic heterocycles. The minimum absolute atomic E-state index is 0.0404. The van der Waals surface area contributed by atoms with Crippen molar-refractivity contribution in [3.63, 3.8) is 0 Å². The number of hydrogen-bond donors (Lipinski definition) is 0. The predicted molar refractivity (Wildman–Crippen MR) is 251 cm³/mol. The predicted octanol–water partition coefficient (Wildman–Crippen LogP) is 15.7. The monoisotopic (exact) mass is 764 g/mol. The van der Waals surface area contributed by atoms with Crippen LogP contribution < -0.4 is 4.74 Å². The largest absolute Gasteiger partial charge is 0.485 e. The molecule has 0 radical (unpaired) electrons. The first-order chi connectivity index (χ1) is 29.6. The fourth-order valence-corrected chi connectivity index (χ4v) is 9.69. The Morgan fingerprint density at radius 2 is 0.783 bits per heavy atom. The fourth-order valence-electron chi connectivity index (χ4n) is 9.69. The van der Waals surface area contributed by atoms with Crippen molar-refractivity contribution in [2.75, 3.05) is 0 Å². The van der Waals surface area contributed by atoms with Crippen LogP contribution in [0.25, 0.3) is 104 Å². The highest BCUT2D eigenvalue weighted by Gasteiger charge is 2.34. The first kappa shape index (κ1) is 33.3. The number of rotatable bonds is 4. The molecule has 0 amide bonds. The van der Waals surface area contributed by atoms with E-state index in [4.69, 9.17) is 9.15 Å². The van der Waals surface area contributed by atoms with Crippen LogP contribution in [0.2, 0.25) is 0 Å². The van der Waals surface area contributed by atoms with Crippen LogP contribution >= 0.6 is 0 Å². The maximum absolute atomic E-state index is 6.63. The summed E-state index contributed by atoms with van der Waals surface area (Å²) in [5.41, 5.74) is 12.6. The van der Waals surface area contributed by atoms with E-state index in [0.717, 1.165) is 33.3 Å². The lowest BCUT2D eigenvalue weighted by Gasteiger charge is -2.19. The van der Waals surface area contributed by atoms with Crippen molar-refractivity contribution in [2.45, 2.75) is 12.0 Å². The summed E-state index contributed by atoms with van der Waals surface area (Å²) >= 11 is 0. The molecule has 13 rings (SSSR count). The second kappa shape index (κ2) is 12.9. The van der Waals surface area contributed by atoms with Gasteiger partial charge < -0.3 is 9.15 Å². The molecule has 0 saturated heterocycles. The Morgan fingerprint density at radius 3 is 1.35 bits per heavy atom. The van der Waals surface area contributed by atoms with E-state index in [2.05, 4.69) is 206 Å². The van der Waals surface area contributed by atoms with E-state index >= 15 is 0 Å². The Bertz CT molecular complexity index is 3660. The van der Waals surface area contributed by atoms with Crippen LogP contribution in [-0.4, -0.2) is 6.10 Å². The van der Waals surface area contributed by atoms with Gasteiger partial charge in [0.1, 0.15) is 23.0 Å². The van der Waals surface area contributed by atoms with Crippen LogP contribution in [0.1, 0.15) is 17.0 Å². The summed E-state index contributed by atoms with van der Waals surface area (Å²) in [6, 6.07) is 68.6. The molecule has 60 heavy (non-hydrogen) atoms. The third-order valence-corrected chi connectivity index (χ3v) is 12.9. The van der Waals surface area contributed by atoms with Gasteiger partial charge in [-0.15, -0.1) is 0 Å². The Balaban J connectivity index is 0.792. The molecule has 11 aromatic rings. The lowest BCUT2D eigenvalue weighted by atomic mass is 9.86. The number of benzene rings is 10. The molecule has 2 heteroatoms. The molecule has 280 valence electrons. The van der Waals surface area contributed by atoms with Gasteiger partial charge in [0.15, 0.2) is 0 Å². The molecule has 1 aliphatic carbocycles. The summed E-state index contributed by atoms with van der Waals surface area (Å²) in [6.45, 7) is 0. The van der Waals surface area contributed by atoms with E-state index in [0.29, 0.717) is 0 Å². The van der Waals surface area contributed by atoms with Crippen LogP contribution in [0.3, 0.4) is 0 Å². The van der Waals surface area contributed by atoms with Crippen molar-refractivity contribution in [1.82, 2.24) is 0 Å². The third-order valence-electron chi connectivity index (χ3n) is 12.9. The first-order valence-electron chi connectivity index (χ1n) is 20.8. The summed E-state index contributed by atoms with van der Waals surface area (Å²) in [4.78, 5) is 0. The number of furan rings is 1. The molecule has 2 nitrogen and oxygen atoms in total. The first-order valence-corrected chi connectivity index (χ1v) is 20.8. The van der Waals surface area contributed by atoms with Crippen LogP contribution in [0, 0.1) is 0 Å². The highest BCUT2D eigenvalue weighted by Crippen LogP contribution is 2.47. The van der Waals surface area contributed by atoms with Gasteiger partial charge >= 0.3 is 0 Å². The average Bonchev–Trinajstić information content (AvgIpc) is 3.86. The molecule has 1 aromatic heterocycles. The Morgan fingerprint density at radius 1 is 0.350 bits per heavy atom. The normalized spacial score (nSPS) is 15.8. The Labute approximate surface area is 346 Å². The second-order valence-electron chi connectivity index (χ2n) is 16.5. The molecule has 10 aromatic carbocycles. The van der Waals surface area contributed by atoms with Crippen molar-refractivity contribution in [3.8, 4) is 39.1 Å². The van der Waals surface area contributed by atoms with Crippen LogP contribution in [0.15, 0.2) is 211 Å². The molecule has 2 aliphatic rings. The molecule has 0 fully saturated rings.